The van der Waals surface area contributed by atoms with Gasteiger partial charge in [-0.3, -0.25) is 4.79 Å². The highest BCUT2D eigenvalue weighted by Gasteiger charge is 2.55. The molecule has 1 N–H and O–H groups in total. The Kier molecular flexibility index (Phi) is 14.4. The molecule has 3 rings (SSSR count). The largest absolute Gasteiger partial charge is 0.416 e. The second kappa shape index (κ2) is 16.5. The van der Waals surface area contributed by atoms with Crippen molar-refractivity contribution in [2.24, 2.45) is 17.3 Å². The Morgan fingerprint density at radius 3 is 2.09 bits per heavy atom. The molecule has 11 heteroatoms. The van der Waals surface area contributed by atoms with Crippen LogP contribution in [0.15, 0.2) is 47.1 Å². The Hall–Kier alpha value is -1.25. The second-order valence-corrected chi connectivity index (χ2v) is 35.1. The van der Waals surface area contributed by atoms with Crippen molar-refractivity contribution in [2.45, 2.75) is 194 Å². The fourth-order valence-corrected chi connectivity index (χ4v) is 12.5. The molecule has 0 radical (unpaired) electrons. The van der Waals surface area contributed by atoms with Gasteiger partial charge >= 0.3 is 6.18 Å². The minimum Gasteiger partial charge on any atom is -0.413 e. The van der Waals surface area contributed by atoms with Crippen LogP contribution < -0.4 is 5.32 Å². The number of allylic oxidation sites excluding steroid dienone is 4. The van der Waals surface area contributed by atoms with Crippen LogP contribution in [0.5, 0.6) is 0 Å². The molecule has 54 heavy (non-hydrogen) atoms. The van der Waals surface area contributed by atoms with Gasteiger partial charge in [-0.05, 0) is 130 Å². The van der Waals surface area contributed by atoms with Crippen LogP contribution in [-0.4, -0.2) is 61.4 Å². The number of rotatable bonds is 12. The average molecular weight is 812 g/mol. The van der Waals surface area contributed by atoms with Crippen molar-refractivity contribution in [3.8, 4) is 0 Å². The van der Waals surface area contributed by atoms with E-state index in [2.05, 4.69) is 112 Å². The molecule has 6 atom stereocenters. The highest BCUT2D eigenvalue weighted by molar-refractivity contribution is 6.74. The minimum absolute atomic E-state index is 0.00545. The van der Waals surface area contributed by atoms with Crippen molar-refractivity contribution >= 4 is 30.9 Å². The lowest BCUT2D eigenvalue weighted by molar-refractivity contribution is -0.246. The van der Waals surface area contributed by atoms with Gasteiger partial charge in [0.05, 0.1) is 18.6 Å². The summed E-state index contributed by atoms with van der Waals surface area (Å²) in [6.07, 6.45) is 8.41. The number of carbonyl (C=O) groups excluding carboxylic acids is 1. The fourth-order valence-electron chi connectivity index (χ4n) is 8.25. The lowest BCUT2D eigenvalue weighted by Gasteiger charge is -2.49. The fraction of sp³-hybridized carbons (Fsp3) is 0.791. The summed E-state index contributed by atoms with van der Waals surface area (Å²) in [5.41, 5.74) is 2.46. The predicted octanol–water partition coefficient (Wildman–Crippen LogP) is 12.8. The Morgan fingerprint density at radius 1 is 0.981 bits per heavy atom. The number of hydrogen-bond acceptors (Lipinski definition) is 4. The molecule has 0 aromatic heterocycles. The third-order valence-electron chi connectivity index (χ3n) is 13.4. The molecule has 0 aromatic carbocycles. The van der Waals surface area contributed by atoms with E-state index in [1.807, 2.05) is 0 Å². The van der Waals surface area contributed by atoms with Crippen LogP contribution in [-0.2, 0) is 18.1 Å². The van der Waals surface area contributed by atoms with Crippen molar-refractivity contribution in [2.75, 3.05) is 6.54 Å². The normalized spacial score (nSPS) is 28.4. The van der Waals surface area contributed by atoms with Crippen molar-refractivity contribution in [1.29, 1.82) is 0 Å². The standard InChI is InChI=1S/C43H76F3NO4Si3/c1-30(29-47-38(48)28-42(10,43(44,45)46)51-52(11,12)13)35-21-18-22-36-32(20-19-25-41(35,36)9)23-24-33-26-34(49-53(14,15)39(3,4)5)27-37(31(33)2)50-54(16,17)40(6,7)8/h21,23-24,30,34,36-37H,2,18-20,22,25-29H2,1,3-17H3,(H,47,48)/t30-,34?,36+,37?,41-,42+/m1/s1. The third-order valence-corrected chi connectivity index (χ3v) is 23.4. The van der Waals surface area contributed by atoms with E-state index in [9.17, 15) is 18.0 Å². The zero-order valence-corrected chi connectivity index (χ0v) is 39.9. The maximum atomic E-state index is 14.1. The molecule has 310 valence electrons. The molecular weight excluding hydrogens is 736 g/mol. The number of amides is 1. The Balaban J connectivity index is 1.86. The summed E-state index contributed by atoms with van der Waals surface area (Å²) in [7, 11) is -6.67. The molecule has 0 heterocycles. The molecule has 3 aliphatic rings. The number of nitrogens with one attached hydrogen (secondary N) is 1. The summed E-state index contributed by atoms with van der Waals surface area (Å²) in [6, 6.07) is 0. The van der Waals surface area contributed by atoms with Crippen molar-refractivity contribution < 1.29 is 31.2 Å². The van der Waals surface area contributed by atoms with Crippen LogP contribution in [0.1, 0.15) is 114 Å². The van der Waals surface area contributed by atoms with Crippen LogP contribution >= 0.6 is 0 Å². The van der Waals surface area contributed by atoms with E-state index in [-0.39, 0.29) is 33.6 Å². The SMILES string of the molecule is C=C1C(=CC=C2CCC[C@]3(C)C([C@H](C)CNC(=O)C[C@](C)(O[Si](C)(C)C)C(F)(F)F)=CCC[C@@H]23)CC(O[Si](C)(C)C(C)(C)C)CC1O[Si](C)(C)C(C)(C)C. The van der Waals surface area contributed by atoms with E-state index in [1.165, 1.54) is 16.7 Å². The first kappa shape index (κ1) is 47.1. The summed E-state index contributed by atoms with van der Waals surface area (Å²) in [5, 5.41) is 3.04. The number of carbonyl (C=O) groups is 1. The Bertz CT molecular complexity index is 1460. The first-order chi connectivity index (χ1) is 24.2. The summed E-state index contributed by atoms with van der Waals surface area (Å²) >= 11 is 0. The van der Waals surface area contributed by atoms with E-state index >= 15 is 0 Å². The molecule has 2 saturated carbocycles. The summed E-state index contributed by atoms with van der Waals surface area (Å²) < 4.78 is 62.0. The predicted molar refractivity (Wildman–Crippen MR) is 227 cm³/mol. The van der Waals surface area contributed by atoms with Gasteiger partial charge in [0, 0.05) is 13.0 Å². The van der Waals surface area contributed by atoms with Crippen LogP contribution in [0.25, 0.3) is 0 Å². The summed E-state index contributed by atoms with van der Waals surface area (Å²) in [5.74, 6) is -0.280. The molecule has 0 aromatic rings. The Labute approximate surface area is 330 Å². The van der Waals surface area contributed by atoms with Gasteiger partial charge in [0.1, 0.15) is 0 Å². The van der Waals surface area contributed by atoms with Crippen molar-refractivity contribution in [1.82, 2.24) is 5.32 Å². The van der Waals surface area contributed by atoms with Gasteiger partial charge in [0.15, 0.2) is 30.6 Å². The van der Waals surface area contributed by atoms with Gasteiger partial charge in [-0.25, -0.2) is 0 Å². The molecule has 0 saturated heterocycles. The molecule has 0 spiro atoms. The highest BCUT2D eigenvalue weighted by atomic mass is 28.4. The van der Waals surface area contributed by atoms with Crippen LogP contribution in [0.2, 0.25) is 55.9 Å². The smallest absolute Gasteiger partial charge is 0.413 e. The van der Waals surface area contributed by atoms with Crippen molar-refractivity contribution in [3.05, 3.63) is 47.1 Å². The number of fused-ring (bicyclic) bond motifs is 1. The molecule has 5 nitrogen and oxygen atoms in total. The topological polar surface area (TPSA) is 56.8 Å². The monoisotopic (exact) mass is 812 g/mol. The van der Waals surface area contributed by atoms with Crippen molar-refractivity contribution in [3.63, 3.8) is 0 Å². The van der Waals surface area contributed by atoms with Crippen LogP contribution in [0.4, 0.5) is 13.2 Å². The molecule has 2 fully saturated rings. The number of halogens is 3. The third kappa shape index (κ3) is 11.2. The van der Waals surface area contributed by atoms with E-state index in [0.29, 0.717) is 12.5 Å². The van der Waals surface area contributed by atoms with Crippen LogP contribution in [0.3, 0.4) is 0 Å². The zero-order chi connectivity index (χ0) is 41.5. The second-order valence-electron chi connectivity index (χ2n) is 21.2. The maximum Gasteiger partial charge on any atom is 0.416 e. The summed E-state index contributed by atoms with van der Waals surface area (Å²) in [6.45, 7) is 38.5. The number of alkyl halides is 3. The number of hydrogen-bond donors (Lipinski definition) is 1. The Morgan fingerprint density at radius 2 is 1.56 bits per heavy atom. The van der Waals surface area contributed by atoms with Gasteiger partial charge < -0.3 is 18.6 Å². The molecule has 3 aliphatic carbocycles. The van der Waals surface area contributed by atoms with E-state index < -0.39 is 49.1 Å². The van der Waals surface area contributed by atoms with E-state index in [4.69, 9.17) is 13.3 Å². The lowest BCUT2D eigenvalue weighted by atomic mass is 9.56. The van der Waals surface area contributed by atoms with E-state index in [0.717, 1.165) is 57.4 Å². The molecule has 2 unspecified atom stereocenters. The quantitative estimate of drug-likeness (QED) is 0.158. The molecular formula is C43H76F3NO4Si3. The average Bonchev–Trinajstić information content (AvgIpc) is 2.97. The first-order valence-corrected chi connectivity index (χ1v) is 29.6. The van der Waals surface area contributed by atoms with Gasteiger partial charge in [0.25, 0.3) is 0 Å². The summed E-state index contributed by atoms with van der Waals surface area (Å²) in [4.78, 5) is 13.0. The minimum atomic E-state index is -4.65. The highest BCUT2D eigenvalue weighted by Crippen LogP contribution is 2.55. The van der Waals surface area contributed by atoms with E-state index in [1.54, 1.807) is 19.6 Å². The van der Waals surface area contributed by atoms with Gasteiger partial charge in [-0.2, -0.15) is 13.2 Å². The van der Waals surface area contributed by atoms with Gasteiger partial charge in [0.2, 0.25) is 5.91 Å². The zero-order valence-electron chi connectivity index (χ0n) is 36.9. The molecule has 1 amide bonds. The lowest BCUT2D eigenvalue weighted by Crippen LogP contribution is -2.53. The van der Waals surface area contributed by atoms with Gasteiger partial charge in [-0.15, -0.1) is 0 Å². The van der Waals surface area contributed by atoms with Gasteiger partial charge in [-0.1, -0.05) is 91.3 Å². The first-order valence-electron chi connectivity index (χ1n) is 20.4. The molecule has 0 bridgehead atoms. The molecule has 0 aliphatic heterocycles. The van der Waals surface area contributed by atoms with Crippen LogP contribution in [0, 0.1) is 17.3 Å². The maximum absolute atomic E-state index is 14.1.